The molecule has 0 amide bonds. The van der Waals surface area contributed by atoms with Crippen molar-refractivity contribution >= 4 is 45.8 Å². The number of amidine groups is 1. The Morgan fingerprint density at radius 3 is 2.62 bits per heavy atom. The zero-order valence-corrected chi connectivity index (χ0v) is 17.0. The molecule has 0 radical (unpaired) electrons. The third-order valence-corrected chi connectivity index (χ3v) is 7.13. The van der Waals surface area contributed by atoms with Crippen LogP contribution in [-0.4, -0.2) is 27.4 Å². The molecule has 1 aliphatic heterocycles. The summed E-state index contributed by atoms with van der Waals surface area (Å²) in [4.78, 5) is 7.40. The molecule has 132 valence electrons. The van der Waals surface area contributed by atoms with Gasteiger partial charge >= 0.3 is 0 Å². The Balaban J connectivity index is 1.88. The van der Waals surface area contributed by atoms with Gasteiger partial charge in [-0.1, -0.05) is 60.3 Å². The van der Waals surface area contributed by atoms with E-state index in [1.54, 1.807) is 0 Å². The van der Waals surface area contributed by atoms with Gasteiger partial charge in [0.05, 0.1) is 15.7 Å². The smallest absolute Gasteiger partial charge is 0.165 e. The van der Waals surface area contributed by atoms with Gasteiger partial charge in [-0.3, -0.25) is 0 Å². The van der Waals surface area contributed by atoms with E-state index in [1.807, 2.05) is 30.0 Å². The van der Waals surface area contributed by atoms with Crippen molar-refractivity contribution in [1.29, 1.82) is 0 Å². The summed E-state index contributed by atoms with van der Waals surface area (Å²) in [5.74, 6) is 0.772. The van der Waals surface area contributed by atoms with Gasteiger partial charge < -0.3 is 4.90 Å². The molecule has 24 heavy (non-hydrogen) atoms. The molecule has 1 aliphatic carbocycles. The molecule has 1 saturated carbocycles. The number of rotatable bonds is 3. The lowest BCUT2D eigenvalue weighted by molar-refractivity contribution is 0.197. The first-order chi connectivity index (χ1) is 11.4. The van der Waals surface area contributed by atoms with E-state index in [2.05, 4.69) is 25.7 Å². The lowest BCUT2D eigenvalue weighted by Crippen LogP contribution is -2.41. The summed E-state index contributed by atoms with van der Waals surface area (Å²) in [7, 11) is 0. The first kappa shape index (κ1) is 18.4. The number of nitrogens with zero attached hydrogens (tertiary/aromatic N) is 2. The second-order valence-corrected chi connectivity index (χ2v) is 10.1. The predicted molar refractivity (Wildman–Crippen MR) is 108 cm³/mol. The lowest BCUT2D eigenvalue weighted by atomic mass is 9.84. The summed E-state index contributed by atoms with van der Waals surface area (Å²) in [5, 5.41) is 2.19. The van der Waals surface area contributed by atoms with Crippen LogP contribution >= 0.6 is 35.0 Å². The van der Waals surface area contributed by atoms with Crippen LogP contribution in [-0.2, 0) is 0 Å². The van der Waals surface area contributed by atoms with E-state index >= 15 is 0 Å². The van der Waals surface area contributed by atoms with Crippen LogP contribution < -0.4 is 0 Å². The molecule has 1 saturated heterocycles. The molecular formula is C19H26Cl2N2S. The molecule has 2 nitrogen and oxygen atoms in total. The highest BCUT2D eigenvalue weighted by Gasteiger charge is 2.39. The largest absolute Gasteiger partial charge is 0.347 e. The molecule has 1 aromatic rings. The van der Waals surface area contributed by atoms with Crippen molar-refractivity contribution < 1.29 is 0 Å². The van der Waals surface area contributed by atoms with Crippen LogP contribution in [0.4, 0.5) is 5.69 Å². The summed E-state index contributed by atoms with van der Waals surface area (Å²) in [6.45, 7) is 7.99. The van der Waals surface area contributed by atoms with Crippen LogP contribution in [0, 0.1) is 5.92 Å². The van der Waals surface area contributed by atoms with Crippen LogP contribution in [0.1, 0.15) is 52.9 Å². The quantitative estimate of drug-likeness (QED) is 0.570. The highest BCUT2D eigenvalue weighted by atomic mass is 35.5. The third-order valence-electron chi connectivity index (χ3n) is 5.14. The fourth-order valence-electron chi connectivity index (χ4n) is 3.77. The minimum atomic E-state index is 0.173. The van der Waals surface area contributed by atoms with Crippen LogP contribution in [0.2, 0.25) is 10.0 Å². The monoisotopic (exact) mass is 384 g/mol. The Hall–Kier alpha value is -0.380. The van der Waals surface area contributed by atoms with Crippen molar-refractivity contribution in [3.63, 3.8) is 0 Å². The van der Waals surface area contributed by atoms with Crippen LogP contribution in [0.25, 0.3) is 0 Å². The van der Waals surface area contributed by atoms with Gasteiger partial charge in [0.1, 0.15) is 0 Å². The molecule has 0 aromatic heterocycles. The Morgan fingerprint density at radius 2 is 1.92 bits per heavy atom. The summed E-state index contributed by atoms with van der Waals surface area (Å²) in [6, 6.07) is 6.18. The fourth-order valence-corrected chi connectivity index (χ4v) is 5.30. The Bertz CT molecular complexity index is 624. The van der Waals surface area contributed by atoms with Gasteiger partial charge in [0, 0.05) is 17.3 Å². The van der Waals surface area contributed by atoms with E-state index in [9.17, 15) is 0 Å². The molecule has 2 fully saturated rings. The number of hydrogen-bond acceptors (Lipinski definition) is 2. The van der Waals surface area contributed by atoms with E-state index in [-0.39, 0.29) is 4.75 Å². The fraction of sp³-hybridized carbons (Fsp3) is 0.632. The first-order valence-electron chi connectivity index (χ1n) is 8.86. The van der Waals surface area contributed by atoms with E-state index in [0.29, 0.717) is 16.1 Å². The van der Waals surface area contributed by atoms with Crippen molar-refractivity contribution in [2.75, 3.05) is 6.54 Å². The van der Waals surface area contributed by atoms with Gasteiger partial charge in [-0.15, -0.1) is 0 Å². The summed E-state index contributed by atoms with van der Waals surface area (Å²) in [5.41, 5.74) is 0.769. The van der Waals surface area contributed by atoms with Crippen molar-refractivity contribution in [1.82, 2.24) is 4.90 Å². The number of halogens is 2. The summed E-state index contributed by atoms with van der Waals surface area (Å²) in [6.07, 6.45) is 6.81. The van der Waals surface area contributed by atoms with Crippen LogP contribution in [0.3, 0.4) is 0 Å². The van der Waals surface area contributed by atoms with Gasteiger partial charge in [0.15, 0.2) is 5.17 Å². The van der Waals surface area contributed by atoms with E-state index < -0.39 is 0 Å². The molecule has 3 rings (SSSR count). The van der Waals surface area contributed by atoms with Crippen LogP contribution in [0.15, 0.2) is 23.2 Å². The molecule has 0 spiro atoms. The van der Waals surface area contributed by atoms with E-state index in [0.717, 1.165) is 23.3 Å². The van der Waals surface area contributed by atoms with Crippen molar-refractivity contribution in [2.24, 2.45) is 10.9 Å². The predicted octanol–water partition coefficient (Wildman–Crippen LogP) is 6.78. The summed E-state index contributed by atoms with van der Waals surface area (Å²) < 4.78 is 0.173. The molecule has 1 unspecified atom stereocenters. The lowest BCUT2D eigenvalue weighted by Gasteiger charge is -2.35. The molecule has 0 N–H and O–H groups in total. The highest BCUT2D eigenvalue weighted by molar-refractivity contribution is 8.15. The maximum absolute atomic E-state index is 6.35. The van der Waals surface area contributed by atoms with Gasteiger partial charge in [-0.2, -0.15) is 0 Å². The third kappa shape index (κ3) is 4.05. The van der Waals surface area contributed by atoms with E-state index in [4.69, 9.17) is 28.2 Å². The first-order valence-corrected chi connectivity index (χ1v) is 10.4. The number of benzene rings is 1. The molecule has 0 bridgehead atoms. The molecule has 1 atom stereocenters. The Labute approximate surface area is 160 Å². The second-order valence-electron chi connectivity index (χ2n) is 7.60. The van der Waals surface area contributed by atoms with Gasteiger partial charge in [0.25, 0.3) is 0 Å². The Morgan fingerprint density at radius 1 is 1.21 bits per heavy atom. The van der Waals surface area contributed by atoms with Gasteiger partial charge in [-0.25, -0.2) is 4.99 Å². The zero-order chi connectivity index (χ0) is 17.3. The second kappa shape index (κ2) is 7.47. The minimum Gasteiger partial charge on any atom is -0.347 e. The maximum atomic E-state index is 6.35. The zero-order valence-electron chi connectivity index (χ0n) is 14.7. The average molecular weight is 385 g/mol. The molecule has 1 aromatic carbocycles. The van der Waals surface area contributed by atoms with Crippen molar-refractivity contribution in [3.05, 3.63) is 28.2 Å². The van der Waals surface area contributed by atoms with Gasteiger partial charge in [0.2, 0.25) is 0 Å². The SMILES string of the molecule is CC(C1CCCCC1)N1CC(C)(C)SC1=Nc1cccc(Cl)c1Cl. The van der Waals surface area contributed by atoms with Gasteiger partial charge in [-0.05, 0) is 51.7 Å². The standard InChI is InChI=1S/C19H26Cl2N2S/c1-13(14-8-5-4-6-9-14)23-12-19(2,3)24-18(23)22-16-11-7-10-15(20)17(16)21/h7,10-11,13-14H,4-6,8-9,12H2,1-3H3. The number of hydrogen-bond donors (Lipinski definition) is 0. The normalized spacial score (nSPS) is 24.5. The number of thioether (sulfide) groups is 1. The van der Waals surface area contributed by atoms with Crippen molar-refractivity contribution in [2.45, 2.75) is 63.7 Å². The average Bonchev–Trinajstić information content (AvgIpc) is 2.86. The molecule has 5 heteroatoms. The van der Waals surface area contributed by atoms with Crippen LogP contribution in [0.5, 0.6) is 0 Å². The van der Waals surface area contributed by atoms with Crippen molar-refractivity contribution in [3.8, 4) is 0 Å². The molecule has 2 aliphatic rings. The number of aliphatic imine (C=N–C) groups is 1. The highest BCUT2D eigenvalue weighted by Crippen LogP contribution is 2.42. The Kier molecular flexibility index (Phi) is 5.73. The maximum Gasteiger partial charge on any atom is 0.165 e. The topological polar surface area (TPSA) is 15.6 Å². The van der Waals surface area contributed by atoms with E-state index in [1.165, 1.54) is 32.1 Å². The molecular weight excluding hydrogens is 359 g/mol. The summed E-state index contributed by atoms with van der Waals surface area (Å²) >= 11 is 14.4. The minimum absolute atomic E-state index is 0.173. The molecule has 1 heterocycles.